The number of nitrogens with zero attached hydrogens (tertiary/aromatic N) is 3. The van der Waals surface area contributed by atoms with E-state index in [0.29, 0.717) is 22.1 Å². The summed E-state index contributed by atoms with van der Waals surface area (Å²) in [6, 6.07) is 21.2. The highest BCUT2D eigenvalue weighted by atomic mass is 32.2. The van der Waals surface area contributed by atoms with E-state index in [4.69, 9.17) is 21.7 Å². The van der Waals surface area contributed by atoms with Gasteiger partial charge in [-0.2, -0.15) is 0 Å². The lowest BCUT2D eigenvalue weighted by molar-refractivity contribution is 0.0600. The van der Waals surface area contributed by atoms with Crippen LogP contribution in [0.2, 0.25) is 0 Å². The van der Waals surface area contributed by atoms with E-state index < -0.39 is 22.0 Å². The third-order valence-corrected chi connectivity index (χ3v) is 7.39. The van der Waals surface area contributed by atoms with Crippen molar-refractivity contribution in [3.8, 4) is 11.4 Å². The van der Waals surface area contributed by atoms with Gasteiger partial charge in [-0.05, 0) is 72.9 Å². The number of nitrogens with one attached hydrogen (secondary N) is 2. The highest BCUT2D eigenvalue weighted by Crippen LogP contribution is 2.44. The van der Waals surface area contributed by atoms with Crippen molar-refractivity contribution >= 4 is 44.7 Å². The van der Waals surface area contributed by atoms with Crippen LogP contribution in [0.25, 0.3) is 5.69 Å². The fourth-order valence-electron chi connectivity index (χ4n) is 4.83. The number of aromatic nitrogens is 2. The molecule has 1 saturated heterocycles. The predicted molar refractivity (Wildman–Crippen MR) is 157 cm³/mol. The van der Waals surface area contributed by atoms with Crippen molar-refractivity contribution in [3.63, 3.8) is 0 Å². The van der Waals surface area contributed by atoms with Crippen LogP contribution in [0.5, 0.6) is 5.75 Å². The number of rotatable bonds is 8. The summed E-state index contributed by atoms with van der Waals surface area (Å²) in [5.41, 5.74) is 3.74. The summed E-state index contributed by atoms with van der Waals surface area (Å²) >= 11 is 5.84. The number of thiocarbonyl (C=S) groups is 1. The lowest BCUT2D eigenvalue weighted by Gasteiger charge is -2.29. The highest BCUT2D eigenvalue weighted by molar-refractivity contribution is 7.92. The Morgan fingerprint density at radius 3 is 2.55 bits per heavy atom. The van der Waals surface area contributed by atoms with Gasteiger partial charge in [0.2, 0.25) is 10.0 Å². The molecule has 2 atom stereocenters. The summed E-state index contributed by atoms with van der Waals surface area (Å²) in [7, 11) is -0.762. The zero-order chi connectivity index (χ0) is 28.4. The second-order valence-electron chi connectivity index (χ2n) is 9.10. The monoisotopic (exact) mass is 577 g/mol. The zero-order valence-corrected chi connectivity index (χ0v) is 23.6. The van der Waals surface area contributed by atoms with Crippen molar-refractivity contribution < 1.29 is 22.7 Å². The van der Waals surface area contributed by atoms with Gasteiger partial charge in [0, 0.05) is 29.5 Å². The summed E-state index contributed by atoms with van der Waals surface area (Å²) in [4.78, 5) is 18.8. The maximum atomic E-state index is 12.2. The minimum Gasteiger partial charge on any atom is -0.495 e. The zero-order valence-electron chi connectivity index (χ0n) is 21.9. The molecule has 12 heteroatoms. The number of carbonyl (C=O) groups excluding carboxylic acids is 1. The minimum atomic E-state index is -3.58. The summed E-state index contributed by atoms with van der Waals surface area (Å²) in [5.74, 6) is -0.0653. The van der Waals surface area contributed by atoms with E-state index in [0.717, 1.165) is 23.3 Å². The maximum absolute atomic E-state index is 12.2. The van der Waals surface area contributed by atoms with Gasteiger partial charge in [-0.15, -0.1) is 0 Å². The molecule has 5 rings (SSSR count). The first-order valence-corrected chi connectivity index (χ1v) is 14.5. The summed E-state index contributed by atoms with van der Waals surface area (Å²) in [6.07, 6.45) is 4.71. The SMILES string of the molecule is COC(=O)c1cccc(-n2cccc2[C@H]2[C@@H](c3ccccn3)NC(=S)N2c2ccc(OC)c(NS(C)(=O)=O)c2)c1. The van der Waals surface area contributed by atoms with Crippen LogP contribution in [0.3, 0.4) is 0 Å². The van der Waals surface area contributed by atoms with E-state index in [1.54, 1.807) is 36.5 Å². The van der Waals surface area contributed by atoms with Crippen molar-refractivity contribution in [1.29, 1.82) is 0 Å². The number of carbonyl (C=O) groups is 1. The van der Waals surface area contributed by atoms with Crippen LogP contribution in [0, 0.1) is 0 Å². The minimum absolute atomic E-state index is 0.284. The number of ether oxygens (including phenoxy) is 2. The van der Waals surface area contributed by atoms with E-state index in [1.165, 1.54) is 14.2 Å². The first-order valence-electron chi connectivity index (χ1n) is 12.2. The largest absolute Gasteiger partial charge is 0.495 e. The molecular weight excluding hydrogens is 550 g/mol. The number of esters is 1. The molecule has 0 unspecified atom stereocenters. The lowest BCUT2D eigenvalue weighted by Crippen LogP contribution is -2.30. The second-order valence-corrected chi connectivity index (χ2v) is 11.2. The quantitative estimate of drug-likeness (QED) is 0.235. The Morgan fingerprint density at radius 2 is 1.85 bits per heavy atom. The van der Waals surface area contributed by atoms with Gasteiger partial charge in [0.15, 0.2) is 5.11 Å². The molecule has 0 saturated carbocycles. The topological polar surface area (TPSA) is 115 Å². The second kappa shape index (κ2) is 11.0. The van der Waals surface area contributed by atoms with Gasteiger partial charge in [-0.25, -0.2) is 13.2 Å². The Bertz CT molecular complexity index is 1670. The van der Waals surface area contributed by atoms with E-state index in [1.807, 2.05) is 58.1 Å². The van der Waals surface area contributed by atoms with E-state index in [-0.39, 0.29) is 11.7 Å². The van der Waals surface area contributed by atoms with Crippen LogP contribution < -0.4 is 19.7 Å². The molecule has 1 aliphatic heterocycles. The first kappa shape index (κ1) is 27.2. The van der Waals surface area contributed by atoms with Crippen molar-refractivity contribution in [2.45, 2.75) is 12.1 Å². The summed E-state index contributed by atoms with van der Waals surface area (Å²) < 4.78 is 39.0. The molecule has 0 radical (unpaired) electrons. The number of sulfonamides is 1. The molecule has 206 valence electrons. The van der Waals surface area contributed by atoms with Gasteiger partial charge in [-0.1, -0.05) is 12.1 Å². The third-order valence-electron chi connectivity index (χ3n) is 6.48. The molecule has 0 amide bonds. The Hall–Kier alpha value is -4.42. The van der Waals surface area contributed by atoms with E-state index in [2.05, 4.69) is 15.0 Å². The van der Waals surface area contributed by atoms with Crippen molar-refractivity contribution in [3.05, 3.63) is 102 Å². The number of methoxy groups -OCH3 is 2. The number of pyridine rings is 1. The Morgan fingerprint density at radius 1 is 1.02 bits per heavy atom. The number of hydrogen-bond donors (Lipinski definition) is 2. The average Bonchev–Trinajstić information content (AvgIpc) is 3.56. The molecule has 0 aliphatic carbocycles. The maximum Gasteiger partial charge on any atom is 0.337 e. The van der Waals surface area contributed by atoms with Gasteiger partial charge in [0.05, 0.1) is 43.5 Å². The highest BCUT2D eigenvalue weighted by Gasteiger charge is 2.42. The summed E-state index contributed by atoms with van der Waals surface area (Å²) in [6.45, 7) is 0. The molecule has 1 aliphatic rings. The van der Waals surface area contributed by atoms with Crippen molar-refractivity contribution in [2.24, 2.45) is 0 Å². The van der Waals surface area contributed by atoms with Gasteiger partial charge >= 0.3 is 5.97 Å². The van der Waals surface area contributed by atoms with Crippen molar-refractivity contribution in [1.82, 2.24) is 14.9 Å². The molecule has 3 heterocycles. The smallest absolute Gasteiger partial charge is 0.337 e. The number of benzene rings is 2. The van der Waals surface area contributed by atoms with Crippen LogP contribution in [-0.2, 0) is 14.8 Å². The van der Waals surface area contributed by atoms with E-state index in [9.17, 15) is 13.2 Å². The van der Waals surface area contributed by atoms with Crippen LogP contribution in [0.1, 0.15) is 33.8 Å². The van der Waals surface area contributed by atoms with E-state index >= 15 is 0 Å². The predicted octanol–water partition coefficient (Wildman–Crippen LogP) is 4.22. The standard InChI is InChI=1S/C28H27N5O5S2/c1-37-24-13-12-20(17-22(24)31-40(3,35)36)33-26(25(30-28(33)39)21-10-4-5-14-29-21)23-11-7-15-32(23)19-9-6-8-18(16-19)27(34)38-2/h4-17,25-26,31H,1-3H3,(H,30,39)/t25-,26+/m1/s1. The molecule has 4 aromatic rings. The molecule has 0 spiro atoms. The van der Waals surface area contributed by atoms with Crippen LogP contribution in [0.15, 0.2) is 85.2 Å². The fourth-order valence-corrected chi connectivity index (χ4v) is 5.73. The lowest BCUT2D eigenvalue weighted by atomic mass is 10.0. The number of hydrogen-bond acceptors (Lipinski definition) is 7. The number of anilines is 2. The van der Waals surface area contributed by atoms with Crippen LogP contribution in [-0.4, -0.2) is 49.5 Å². The Kier molecular flexibility index (Phi) is 7.46. The van der Waals surface area contributed by atoms with Gasteiger partial charge in [0.1, 0.15) is 11.8 Å². The average molecular weight is 578 g/mol. The normalized spacial score (nSPS) is 16.9. The molecule has 2 N–H and O–H groups in total. The molecule has 0 bridgehead atoms. The fraction of sp³-hybridized carbons (Fsp3) is 0.179. The molecule has 2 aromatic carbocycles. The molecule has 40 heavy (non-hydrogen) atoms. The van der Waals surface area contributed by atoms with Gasteiger partial charge in [0.25, 0.3) is 0 Å². The molecular formula is C28H27N5O5S2. The van der Waals surface area contributed by atoms with Crippen LogP contribution in [0.4, 0.5) is 11.4 Å². The van der Waals surface area contributed by atoms with Gasteiger partial charge in [-0.3, -0.25) is 9.71 Å². The molecule has 1 fully saturated rings. The van der Waals surface area contributed by atoms with Crippen molar-refractivity contribution in [2.75, 3.05) is 30.1 Å². The van der Waals surface area contributed by atoms with Gasteiger partial charge < -0.3 is 24.3 Å². The third kappa shape index (κ3) is 5.36. The first-order chi connectivity index (χ1) is 19.2. The molecule has 10 nitrogen and oxygen atoms in total. The molecule has 2 aromatic heterocycles. The van der Waals surface area contributed by atoms with Crippen LogP contribution >= 0.6 is 12.2 Å². The summed E-state index contributed by atoms with van der Waals surface area (Å²) in [5, 5.41) is 3.85. The Labute approximate surface area is 237 Å². The Balaban J connectivity index is 1.66.